The number of alkyl halides is 1. The minimum atomic E-state index is -2.05. The molecule has 92 valence electrons. The van der Waals surface area contributed by atoms with E-state index in [9.17, 15) is 14.0 Å². The standard InChI is InChI=1S/C13H14ClFO2/c1-2-3-4-11(16)12(15)13(17)9-5-7-10(14)8-6-9/h5-8,12H,2-4H2,1H3. The average molecular weight is 257 g/mol. The van der Waals surface area contributed by atoms with E-state index in [1.54, 1.807) is 0 Å². The fourth-order valence-corrected chi connectivity index (χ4v) is 1.51. The van der Waals surface area contributed by atoms with Gasteiger partial charge in [-0.2, -0.15) is 0 Å². The monoisotopic (exact) mass is 256 g/mol. The number of carbonyl (C=O) groups excluding carboxylic acids is 2. The predicted molar refractivity (Wildman–Crippen MR) is 65.2 cm³/mol. The molecule has 0 bridgehead atoms. The van der Waals surface area contributed by atoms with Crippen molar-refractivity contribution in [1.82, 2.24) is 0 Å². The van der Waals surface area contributed by atoms with Gasteiger partial charge in [-0.1, -0.05) is 24.9 Å². The van der Waals surface area contributed by atoms with Crippen molar-refractivity contribution in [1.29, 1.82) is 0 Å². The van der Waals surface area contributed by atoms with Crippen LogP contribution in [0.3, 0.4) is 0 Å². The third kappa shape index (κ3) is 3.93. The second-order valence-corrected chi connectivity index (χ2v) is 4.24. The van der Waals surface area contributed by atoms with Crippen molar-refractivity contribution in [2.45, 2.75) is 32.4 Å². The zero-order valence-electron chi connectivity index (χ0n) is 9.58. The number of unbranched alkanes of at least 4 members (excludes halogenated alkanes) is 1. The first kappa shape index (κ1) is 13.8. The van der Waals surface area contributed by atoms with E-state index >= 15 is 0 Å². The second-order valence-electron chi connectivity index (χ2n) is 3.80. The normalized spacial score (nSPS) is 12.2. The van der Waals surface area contributed by atoms with Crippen LogP contribution >= 0.6 is 11.6 Å². The first-order valence-corrected chi connectivity index (χ1v) is 5.90. The summed E-state index contributed by atoms with van der Waals surface area (Å²) in [6.45, 7) is 1.90. The van der Waals surface area contributed by atoms with Gasteiger partial charge in [0.05, 0.1) is 0 Å². The van der Waals surface area contributed by atoms with Gasteiger partial charge in [0.15, 0.2) is 5.78 Å². The first-order valence-electron chi connectivity index (χ1n) is 5.52. The van der Waals surface area contributed by atoms with Crippen LogP contribution in [0.4, 0.5) is 4.39 Å². The van der Waals surface area contributed by atoms with E-state index in [1.165, 1.54) is 24.3 Å². The van der Waals surface area contributed by atoms with E-state index in [4.69, 9.17) is 11.6 Å². The summed E-state index contributed by atoms with van der Waals surface area (Å²) in [4.78, 5) is 23.0. The Kier molecular flexibility index (Phi) is 5.29. The number of halogens is 2. The third-order valence-corrected chi connectivity index (χ3v) is 2.67. The summed E-state index contributed by atoms with van der Waals surface area (Å²) in [6, 6.07) is 5.84. The lowest BCUT2D eigenvalue weighted by Gasteiger charge is -2.06. The Bertz CT molecular complexity index is 400. The summed E-state index contributed by atoms with van der Waals surface area (Å²) in [5.41, 5.74) is 0.173. The Labute approximate surface area is 105 Å². The van der Waals surface area contributed by atoms with E-state index in [0.717, 1.165) is 6.42 Å². The van der Waals surface area contributed by atoms with Gasteiger partial charge in [0.1, 0.15) is 0 Å². The first-order chi connectivity index (χ1) is 8.06. The topological polar surface area (TPSA) is 34.1 Å². The molecule has 0 aromatic heterocycles. The molecule has 2 nitrogen and oxygen atoms in total. The lowest BCUT2D eigenvalue weighted by atomic mass is 10.0. The summed E-state index contributed by atoms with van der Waals surface area (Å²) in [6.07, 6.45) is -0.541. The maximum Gasteiger partial charge on any atom is 0.220 e. The third-order valence-electron chi connectivity index (χ3n) is 2.42. The van der Waals surface area contributed by atoms with Gasteiger partial charge in [-0.3, -0.25) is 9.59 Å². The fourth-order valence-electron chi connectivity index (χ4n) is 1.38. The fraction of sp³-hybridized carbons (Fsp3) is 0.385. The Balaban J connectivity index is 2.69. The van der Waals surface area contributed by atoms with Crippen molar-refractivity contribution in [3.8, 4) is 0 Å². The van der Waals surface area contributed by atoms with Crippen LogP contribution in [0.15, 0.2) is 24.3 Å². The van der Waals surface area contributed by atoms with Gasteiger partial charge in [0, 0.05) is 17.0 Å². The quantitative estimate of drug-likeness (QED) is 0.575. The summed E-state index contributed by atoms with van der Waals surface area (Å²) >= 11 is 5.66. The molecule has 1 unspecified atom stereocenters. The molecule has 17 heavy (non-hydrogen) atoms. The van der Waals surface area contributed by atoms with Crippen LogP contribution in [-0.2, 0) is 4.79 Å². The summed E-state index contributed by atoms with van der Waals surface area (Å²) in [5.74, 6) is -1.44. The number of ketones is 2. The van der Waals surface area contributed by atoms with Gasteiger partial charge in [-0.05, 0) is 30.7 Å². The molecule has 0 fully saturated rings. The van der Waals surface area contributed by atoms with Gasteiger partial charge in [-0.25, -0.2) is 4.39 Å². The highest BCUT2D eigenvalue weighted by Crippen LogP contribution is 2.14. The molecule has 1 atom stereocenters. The highest BCUT2D eigenvalue weighted by atomic mass is 35.5. The molecule has 0 aliphatic heterocycles. The molecule has 0 saturated heterocycles. The smallest absolute Gasteiger partial charge is 0.220 e. The lowest BCUT2D eigenvalue weighted by molar-refractivity contribution is -0.122. The van der Waals surface area contributed by atoms with Crippen molar-refractivity contribution in [3.63, 3.8) is 0 Å². The van der Waals surface area contributed by atoms with Gasteiger partial charge < -0.3 is 0 Å². The van der Waals surface area contributed by atoms with Gasteiger partial charge in [-0.15, -0.1) is 0 Å². The lowest BCUT2D eigenvalue weighted by Crippen LogP contribution is -2.25. The molecule has 1 aromatic rings. The van der Waals surface area contributed by atoms with Gasteiger partial charge >= 0.3 is 0 Å². The molecule has 0 N–H and O–H groups in total. The van der Waals surface area contributed by atoms with E-state index in [0.29, 0.717) is 11.4 Å². The van der Waals surface area contributed by atoms with Gasteiger partial charge in [0.25, 0.3) is 0 Å². The molecule has 0 radical (unpaired) electrons. The largest absolute Gasteiger partial charge is 0.296 e. The van der Waals surface area contributed by atoms with Crippen molar-refractivity contribution in [2.24, 2.45) is 0 Å². The minimum Gasteiger partial charge on any atom is -0.296 e. The van der Waals surface area contributed by atoms with E-state index in [-0.39, 0.29) is 12.0 Å². The van der Waals surface area contributed by atoms with Crippen LogP contribution in [0.5, 0.6) is 0 Å². The van der Waals surface area contributed by atoms with E-state index < -0.39 is 17.7 Å². The zero-order chi connectivity index (χ0) is 12.8. The van der Waals surface area contributed by atoms with E-state index in [1.807, 2.05) is 6.92 Å². The van der Waals surface area contributed by atoms with Crippen LogP contribution in [0.2, 0.25) is 5.02 Å². The SMILES string of the molecule is CCCCC(=O)C(F)C(=O)c1ccc(Cl)cc1. The Morgan fingerprint density at radius 2 is 1.88 bits per heavy atom. The second kappa shape index (κ2) is 6.50. The van der Waals surface area contributed by atoms with Gasteiger partial charge in [0.2, 0.25) is 12.0 Å². The number of Topliss-reactive ketones (excluding diaryl/α,β-unsaturated/α-hetero) is 2. The molecule has 0 aliphatic rings. The van der Waals surface area contributed by atoms with Crippen molar-refractivity contribution in [3.05, 3.63) is 34.9 Å². The molecule has 0 heterocycles. The number of hydrogen-bond donors (Lipinski definition) is 0. The molecular formula is C13H14ClFO2. The maximum atomic E-state index is 13.6. The predicted octanol–water partition coefficient (Wildman–Crippen LogP) is 3.62. The van der Waals surface area contributed by atoms with Crippen molar-refractivity contribution >= 4 is 23.2 Å². The Morgan fingerprint density at radius 3 is 2.41 bits per heavy atom. The molecule has 1 rings (SSSR count). The molecular weight excluding hydrogens is 243 g/mol. The highest BCUT2D eigenvalue weighted by molar-refractivity contribution is 6.30. The summed E-state index contributed by atoms with van der Waals surface area (Å²) in [5, 5.41) is 0.467. The molecule has 4 heteroatoms. The average Bonchev–Trinajstić information content (AvgIpc) is 2.35. The number of rotatable bonds is 6. The Hall–Kier alpha value is -1.22. The zero-order valence-corrected chi connectivity index (χ0v) is 10.3. The van der Waals surface area contributed by atoms with Crippen LogP contribution in [0, 0.1) is 0 Å². The number of hydrogen-bond acceptors (Lipinski definition) is 2. The van der Waals surface area contributed by atoms with Crippen LogP contribution in [0.25, 0.3) is 0 Å². The number of carbonyl (C=O) groups is 2. The summed E-state index contributed by atoms with van der Waals surface area (Å²) < 4.78 is 13.6. The molecule has 1 aromatic carbocycles. The number of benzene rings is 1. The van der Waals surface area contributed by atoms with Crippen LogP contribution in [0.1, 0.15) is 36.5 Å². The highest BCUT2D eigenvalue weighted by Gasteiger charge is 2.26. The van der Waals surface area contributed by atoms with Crippen molar-refractivity contribution in [2.75, 3.05) is 0 Å². The minimum absolute atomic E-state index is 0.108. The van der Waals surface area contributed by atoms with Crippen molar-refractivity contribution < 1.29 is 14.0 Å². The van der Waals surface area contributed by atoms with E-state index in [2.05, 4.69) is 0 Å². The summed E-state index contributed by atoms with van der Waals surface area (Å²) in [7, 11) is 0. The molecule has 0 saturated carbocycles. The molecule has 0 spiro atoms. The maximum absolute atomic E-state index is 13.6. The molecule has 0 aliphatic carbocycles. The van der Waals surface area contributed by atoms with Crippen LogP contribution in [-0.4, -0.2) is 17.7 Å². The Morgan fingerprint density at radius 1 is 1.29 bits per heavy atom. The molecule has 0 amide bonds. The van der Waals surface area contributed by atoms with Crippen LogP contribution < -0.4 is 0 Å².